The summed E-state index contributed by atoms with van der Waals surface area (Å²) in [5.41, 5.74) is 4.20. The van der Waals surface area contributed by atoms with Gasteiger partial charge in [-0.05, 0) is 7.05 Å². The number of imidazole rings is 1. The molecule has 4 rings (SSSR count). The Labute approximate surface area is 159 Å². The Balaban J connectivity index is 1.59. The summed E-state index contributed by atoms with van der Waals surface area (Å²) in [4.78, 5) is 24.6. The van der Waals surface area contributed by atoms with Gasteiger partial charge in [-0.1, -0.05) is 60.7 Å². The van der Waals surface area contributed by atoms with Gasteiger partial charge in [0.05, 0.1) is 17.9 Å². The molecule has 1 N–H and O–H groups in total. The zero-order valence-electron chi connectivity index (χ0n) is 15.6. The predicted octanol–water partition coefficient (Wildman–Crippen LogP) is 3.06. The molecule has 0 radical (unpaired) electrons. The van der Waals surface area contributed by atoms with E-state index in [4.69, 9.17) is 4.98 Å². The van der Waals surface area contributed by atoms with Crippen molar-refractivity contribution < 1.29 is 4.79 Å². The number of carbonyl (C=O) groups excluding carboxylic acids is 1. The summed E-state index contributed by atoms with van der Waals surface area (Å²) >= 11 is 0. The van der Waals surface area contributed by atoms with Crippen molar-refractivity contribution in [1.29, 1.82) is 0 Å². The molecule has 0 unspecified atom stereocenters. The monoisotopic (exact) mass is 360 g/mol. The van der Waals surface area contributed by atoms with Crippen LogP contribution in [0.2, 0.25) is 0 Å². The number of hydrogen-bond donors (Lipinski definition) is 1. The van der Waals surface area contributed by atoms with Crippen molar-refractivity contribution in [2.24, 2.45) is 0 Å². The summed E-state index contributed by atoms with van der Waals surface area (Å²) in [6, 6.07) is 20.5. The first-order valence-corrected chi connectivity index (χ1v) is 9.37. The molecule has 5 nitrogen and oxygen atoms in total. The number of piperazine rings is 1. The lowest BCUT2D eigenvalue weighted by molar-refractivity contribution is -0.135. The number of likely N-dealkylation sites (N-methyl/N-ethyl adjacent to an activating group) is 1. The number of carbonyl (C=O) groups is 1. The Morgan fingerprint density at radius 2 is 1.63 bits per heavy atom. The summed E-state index contributed by atoms with van der Waals surface area (Å²) in [6.45, 7) is 2.91. The van der Waals surface area contributed by atoms with Gasteiger partial charge in [0, 0.05) is 37.2 Å². The molecule has 138 valence electrons. The number of hydrogen-bond acceptors (Lipinski definition) is 3. The lowest BCUT2D eigenvalue weighted by atomic mass is 10.1. The molecule has 1 saturated heterocycles. The molecule has 3 aromatic rings. The van der Waals surface area contributed by atoms with Gasteiger partial charge in [0.15, 0.2) is 0 Å². The van der Waals surface area contributed by atoms with Gasteiger partial charge in [-0.3, -0.25) is 9.69 Å². The average Bonchev–Trinajstić information content (AvgIpc) is 3.13. The predicted molar refractivity (Wildman–Crippen MR) is 107 cm³/mol. The fourth-order valence-corrected chi connectivity index (χ4v) is 3.46. The van der Waals surface area contributed by atoms with E-state index in [-0.39, 0.29) is 5.91 Å². The molecule has 2 heterocycles. The van der Waals surface area contributed by atoms with Crippen molar-refractivity contribution >= 4 is 5.91 Å². The van der Waals surface area contributed by atoms with Gasteiger partial charge >= 0.3 is 0 Å². The van der Waals surface area contributed by atoms with Crippen LogP contribution in [0.15, 0.2) is 60.7 Å². The second-order valence-electron chi connectivity index (χ2n) is 7.01. The third kappa shape index (κ3) is 3.93. The van der Waals surface area contributed by atoms with Gasteiger partial charge in [-0.25, -0.2) is 4.98 Å². The average molecular weight is 360 g/mol. The van der Waals surface area contributed by atoms with E-state index < -0.39 is 0 Å². The number of aromatic amines is 1. The lowest BCUT2D eigenvalue weighted by Crippen LogP contribution is -2.49. The van der Waals surface area contributed by atoms with Crippen molar-refractivity contribution in [2.75, 3.05) is 33.2 Å². The summed E-state index contributed by atoms with van der Waals surface area (Å²) in [7, 11) is 1.99. The van der Waals surface area contributed by atoms with Crippen molar-refractivity contribution in [2.45, 2.75) is 6.42 Å². The molecular formula is C22H24N4O. The number of nitrogens with one attached hydrogen (secondary N) is 1. The van der Waals surface area contributed by atoms with Crippen LogP contribution in [0, 0.1) is 0 Å². The third-order valence-corrected chi connectivity index (χ3v) is 4.99. The van der Waals surface area contributed by atoms with E-state index in [2.05, 4.69) is 34.1 Å². The maximum atomic E-state index is 12.2. The summed E-state index contributed by atoms with van der Waals surface area (Å²) in [5.74, 6) is 1.11. The van der Waals surface area contributed by atoms with E-state index in [1.807, 2.05) is 48.3 Å². The number of benzene rings is 2. The smallest absolute Gasteiger partial charge is 0.236 e. The summed E-state index contributed by atoms with van der Waals surface area (Å²) < 4.78 is 0. The molecule has 0 spiro atoms. The second-order valence-corrected chi connectivity index (χ2v) is 7.01. The molecule has 1 amide bonds. The molecule has 1 aliphatic rings. The van der Waals surface area contributed by atoms with E-state index in [1.165, 1.54) is 0 Å². The van der Waals surface area contributed by atoms with Crippen LogP contribution in [0.25, 0.3) is 22.5 Å². The molecule has 0 atom stereocenters. The molecule has 0 saturated carbocycles. The van der Waals surface area contributed by atoms with E-state index in [0.717, 1.165) is 47.8 Å². The summed E-state index contributed by atoms with van der Waals surface area (Å²) in [6.07, 6.45) is 0.724. The van der Waals surface area contributed by atoms with Crippen LogP contribution in [0.4, 0.5) is 0 Å². The van der Waals surface area contributed by atoms with Crippen LogP contribution < -0.4 is 0 Å². The highest BCUT2D eigenvalue weighted by atomic mass is 16.2. The quantitative estimate of drug-likeness (QED) is 0.761. The first-order valence-electron chi connectivity index (χ1n) is 9.37. The highest BCUT2D eigenvalue weighted by Gasteiger charge is 2.22. The van der Waals surface area contributed by atoms with Crippen molar-refractivity contribution in [3.8, 4) is 22.5 Å². The van der Waals surface area contributed by atoms with Crippen molar-refractivity contribution in [3.63, 3.8) is 0 Å². The van der Waals surface area contributed by atoms with Crippen LogP contribution in [-0.4, -0.2) is 58.9 Å². The highest BCUT2D eigenvalue weighted by Crippen LogP contribution is 2.30. The van der Waals surface area contributed by atoms with E-state index in [0.29, 0.717) is 13.1 Å². The molecule has 5 heteroatoms. The molecular weight excluding hydrogens is 336 g/mol. The fraction of sp³-hybridized carbons (Fsp3) is 0.273. The largest absolute Gasteiger partial charge is 0.341 e. The Morgan fingerprint density at radius 3 is 2.30 bits per heavy atom. The van der Waals surface area contributed by atoms with Gasteiger partial charge < -0.3 is 9.88 Å². The molecule has 1 aromatic heterocycles. The molecule has 1 aliphatic heterocycles. The molecule has 1 fully saturated rings. The van der Waals surface area contributed by atoms with Gasteiger partial charge in [0.2, 0.25) is 5.91 Å². The molecule has 0 bridgehead atoms. The van der Waals surface area contributed by atoms with Gasteiger partial charge in [-0.2, -0.15) is 0 Å². The number of rotatable bonds is 5. The Kier molecular flexibility index (Phi) is 5.03. The topological polar surface area (TPSA) is 52.2 Å². The van der Waals surface area contributed by atoms with Crippen LogP contribution in [0.1, 0.15) is 5.82 Å². The molecule has 27 heavy (non-hydrogen) atoms. The minimum atomic E-state index is 0.196. The first-order chi connectivity index (χ1) is 13.2. The van der Waals surface area contributed by atoms with Gasteiger partial charge in [0.25, 0.3) is 0 Å². The van der Waals surface area contributed by atoms with E-state index >= 15 is 0 Å². The van der Waals surface area contributed by atoms with E-state index in [9.17, 15) is 4.79 Å². The highest BCUT2D eigenvalue weighted by molar-refractivity contribution is 5.79. The number of H-pyrrole nitrogens is 1. The normalized spacial score (nSPS) is 15.3. The fourth-order valence-electron chi connectivity index (χ4n) is 3.46. The van der Waals surface area contributed by atoms with Crippen LogP contribution in [-0.2, 0) is 11.2 Å². The summed E-state index contributed by atoms with van der Waals surface area (Å²) in [5, 5.41) is 0. The Morgan fingerprint density at radius 1 is 0.963 bits per heavy atom. The number of aromatic nitrogens is 2. The van der Waals surface area contributed by atoms with Crippen LogP contribution in [0.5, 0.6) is 0 Å². The van der Waals surface area contributed by atoms with Crippen molar-refractivity contribution in [3.05, 3.63) is 66.5 Å². The zero-order chi connectivity index (χ0) is 18.6. The Bertz CT molecular complexity index is 848. The van der Waals surface area contributed by atoms with Gasteiger partial charge in [-0.15, -0.1) is 0 Å². The minimum Gasteiger partial charge on any atom is -0.341 e. The molecule has 2 aromatic carbocycles. The van der Waals surface area contributed by atoms with Crippen LogP contribution in [0.3, 0.4) is 0 Å². The van der Waals surface area contributed by atoms with Crippen LogP contribution >= 0.6 is 0 Å². The first kappa shape index (κ1) is 17.5. The lowest BCUT2D eigenvalue weighted by Gasteiger charge is -2.31. The maximum Gasteiger partial charge on any atom is 0.236 e. The maximum absolute atomic E-state index is 12.2. The standard InChI is InChI=1S/C22H24N4O/c1-25-14-15-26(20(27)16-25)13-12-19-23-21(17-8-4-2-5-9-17)22(24-19)18-10-6-3-7-11-18/h2-11H,12-16H2,1H3,(H,23,24). The van der Waals surface area contributed by atoms with E-state index in [1.54, 1.807) is 0 Å². The third-order valence-electron chi connectivity index (χ3n) is 4.99. The second kappa shape index (κ2) is 7.76. The number of nitrogens with zero attached hydrogens (tertiary/aromatic N) is 3. The minimum absolute atomic E-state index is 0.196. The van der Waals surface area contributed by atoms with Gasteiger partial charge in [0.1, 0.15) is 5.82 Å². The zero-order valence-corrected chi connectivity index (χ0v) is 15.6. The Hall–Kier alpha value is -2.92. The SMILES string of the molecule is CN1CCN(CCc2nc(-c3ccccc3)c(-c3ccccc3)[nH]2)C(=O)C1. The molecule has 0 aliphatic carbocycles. The van der Waals surface area contributed by atoms with Crippen molar-refractivity contribution in [1.82, 2.24) is 19.8 Å². The number of amides is 1.